The molecule has 2 heterocycles. The highest BCUT2D eigenvalue weighted by molar-refractivity contribution is 8.04. The molecular formula is C8H14S2. The summed E-state index contributed by atoms with van der Waals surface area (Å²) < 4.78 is 0. The van der Waals surface area contributed by atoms with E-state index in [1.807, 2.05) is 0 Å². The molecule has 58 valence electrons. The molecule has 2 aliphatic heterocycles. The third kappa shape index (κ3) is 1.48. The summed E-state index contributed by atoms with van der Waals surface area (Å²) in [6.07, 6.45) is 5.96. The fraction of sp³-hybridized carbons (Fsp3) is 1.00. The molecule has 0 amide bonds. The second-order valence-corrected chi connectivity index (χ2v) is 5.80. The van der Waals surface area contributed by atoms with Gasteiger partial charge in [-0.25, -0.2) is 0 Å². The van der Waals surface area contributed by atoms with Gasteiger partial charge in [0, 0.05) is 10.5 Å². The third-order valence-corrected chi connectivity index (χ3v) is 5.55. The summed E-state index contributed by atoms with van der Waals surface area (Å²) in [5, 5.41) is 2.07. The molecule has 2 rings (SSSR count). The van der Waals surface area contributed by atoms with Crippen LogP contribution in [0.3, 0.4) is 0 Å². The van der Waals surface area contributed by atoms with Crippen LogP contribution >= 0.6 is 23.5 Å². The SMILES string of the molecule is C1CSC(C2CCCS2)C1. The predicted molar refractivity (Wildman–Crippen MR) is 51.0 cm³/mol. The molecular weight excluding hydrogens is 160 g/mol. The maximum atomic E-state index is 2.22. The fourth-order valence-corrected chi connectivity index (χ4v) is 4.90. The van der Waals surface area contributed by atoms with Crippen molar-refractivity contribution >= 4 is 23.5 Å². The first-order valence-electron chi connectivity index (χ1n) is 4.20. The van der Waals surface area contributed by atoms with Crippen LogP contribution in [0.2, 0.25) is 0 Å². The van der Waals surface area contributed by atoms with Gasteiger partial charge in [-0.1, -0.05) is 0 Å². The molecule has 0 aromatic heterocycles. The van der Waals surface area contributed by atoms with Crippen molar-refractivity contribution in [2.24, 2.45) is 0 Å². The van der Waals surface area contributed by atoms with Gasteiger partial charge in [-0.2, -0.15) is 23.5 Å². The first-order valence-corrected chi connectivity index (χ1v) is 6.30. The fourth-order valence-electron chi connectivity index (χ4n) is 1.79. The second-order valence-electron chi connectivity index (χ2n) is 3.10. The molecule has 2 unspecified atom stereocenters. The van der Waals surface area contributed by atoms with Crippen molar-refractivity contribution in [1.82, 2.24) is 0 Å². The van der Waals surface area contributed by atoms with Gasteiger partial charge < -0.3 is 0 Å². The van der Waals surface area contributed by atoms with E-state index in [0.29, 0.717) is 0 Å². The van der Waals surface area contributed by atoms with E-state index in [1.54, 1.807) is 0 Å². The van der Waals surface area contributed by atoms with E-state index in [0.717, 1.165) is 10.5 Å². The Balaban J connectivity index is 1.85. The van der Waals surface area contributed by atoms with Crippen LogP contribution in [0.1, 0.15) is 25.7 Å². The summed E-state index contributed by atoms with van der Waals surface area (Å²) in [7, 11) is 0. The topological polar surface area (TPSA) is 0 Å². The molecule has 0 saturated carbocycles. The van der Waals surface area contributed by atoms with Crippen LogP contribution in [0, 0.1) is 0 Å². The first-order chi connectivity index (χ1) is 4.97. The maximum Gasteiger partial charge on any atom is 0.0166 e. The Hall–Kier alpha value is 0.700. The van der Waals surface area contributed by atoms with Crippen LogP contribution in [-0.4, -0.2) is 22.0 Å². The van der Waals surface area contributed by atoms with Crippen molar-refractivity contribution in [3.05, 3.63) is 0 Å². The van der Waals surface area contributed by atoms with Crippen molar-refractivity contribution in [3.63, 3.8) is 0 Å². The zero-order chi connectivity index (χ0) is 6.81. The van der Waals surface area contributed by atoms with E-state index < -0.39 is 0 Å². The molecule has 2 aliphatic rings. The molecule has 0 radical (unpaired) electrons. The van der Waals surface area contributed by atoms with E-state index in [2.05, 4.69) is 23.5 Å². The van der Waals surface area contributed by atoms with Crippen LogP contribution < -0.4 is 0 Å². The molecule has 0 spiro atoms. The van der Waals surface area contributed by atoms with Crippen molar-refractivity contribution in [1.29, 1.82) is 0 Å². The van der Waals surface area contributed by atoms with Crippen molar-refractivity contribution in [2.75, 3.05) is 11.5 Å². The van der Waals surface area contributed by atoms with Crippen LogP contribution in [-0.2, 0) is 0 Å². The number of hydrogen-bond donors (Lipinski definition) is 0. The molecule has 10 heavy (non-hydrogen) atoms. The van der Waals surface area contributed by atoms with Gasteiger partial charge in [0.25, 0.3) is 0 Å². The van der Waals surface area contributed by atoms with E-state index in [9.17, 15) is 0 Å². The molecule has 2 atom stereocenters. The Bertz CT molecular complexity index is 87.8. The molecule has 2 heteroatoms. The zero-order valence-electron chi connectivity index (χ0n) is 6.21. The maximum absolute atomic E-state index is 2.22. The van der Waals surface area contributed by atoms with Crippen LogP contribution in [0.15, 0.2) is 0 Å². The zero-order valence-corrected chi connectivity index (χ0v) is 7.85. The lowest BCUT2D eigenvalue weighted by atomic mass is 10.1. The number of hydrogen-bond acceptors (Lipinski definition) is 2. The summed E-state index contributed by atoms with van der Waals surface area (Å²) in [4.78, 5) is 0. The second kappa shape index (κ2) is 3.40. The Morgan fingerprint density at radius 1 is 0.800 bits per heavy atom. The molecule has 2 saturated heterocycles. The largest absolute Gasteiger partial charge is 0.157 e. The highest BCUT2D eigenvalue weighted by atomic mass is 32.2. The van der Waals surface area contributed by atoms with Crippen LogP contribution in [0.4, 0.5) is 0 Å². The lowest BCUT2D eigenvalue weighted by Gasteiger charge is -2.14. The monoisotopic (exact) mass is 174 g/mol. The Kier molecular flexibility index (Phi) is 2.50. The summed E-state index contributed by atoms with van der Waals surface area (Å²) in [5.74, 6) is 2.86. The Morgan fingerprint density at radius 3 is 1.60 bits per heavy atom. The molecule has 0 nitrogen and oxygen atoms in total. The van der Waals surface area contributed by atoms with Gasteiger partial charge in [0.05, 0.1) is 0 Å². The smallest absolute Gasteiger partial charge is 0.0166 e. The summed E-state index contributed by atoms with van der Waals surface area (Å²) >= 11 is 4.44. The highest BCUT2D eigenvalue weighted by Gasteiger charge is 2.28. The average molecular weight is 174 g/mol. The van der Waals surface area contributed by atoms with Gasteiger partial charge in [-0.05, 0) is 37.2 Å². The standard InChI is InChI=1S/C8H14S2/c1-3-7(9-5-1)8-4-2-6-10-8/h7-8H,1-6H2. The minimum Gasteiger partial charge on any atom is -0.157 e. The van der Waals surface area contributed by atoms with Crippen molar-refractivity contribution < 1.29 is 0 Å². The van der Waals surface area contributed by atoms with Gasteiger partial charge in [-0.3, -0.25) is 0 Å². The predicted octanol–water partition coefficient (Wildman–Crippen LogP) is 2.78. The molecule has 0 aliphatic carbocycles. The number of thioether (sulfide) groups is 2. The van der Waals surface area contributed by atoms with E-state index in [-0.39, 0.29) is 0 Å². The average Bonchev–Trinajstić information content (AvgIpc) is 2.59. The summed E-state index contributed by atoms with van der Waals surface area (Å²) in [6.45, 7) is 0. The van der Waals surface area contributed by atoms with Crippen molar-refractivity contribution in [3.8, 4) is 0 Å². The van der Waals surface area contributed by atoms with Gasteiger partial charge >= 0.3 is 0 Å². The summed E-state index contributed by atoms with van der Waals surface area (Å²) in [6, 6.07) is 0. The normalized spacial score (nSPS) is 40.8. The van der Waals surface area contributed by atoms with Crippen LogP contribution in [0.5, 0.6) is 0 Å². The minimum atomic E-state index is 1.03. The molecule has 0 N–H and O–H groups in total. The van der Waals surface area contributed by atoms with Gasteiger partial charge in [0.2, 0.25) is 0 Å². The Morgan fingerprint density at radius 2 is 1.30 bits per heavy atom. The number of rotatable bonds is 1. The molecule has 0 aromatic rings. The lowest BCUT2D eigenvalue weighted by Crippen LogP contribution is -2.13. The third-order valence-electron chi connectivity index (χ3n) is 2.34. The minimum absolute atomic E-state index is 1.03. The lowest BCUT2D eigenvalue weighted by molar-refractivity contribution is 0.703. The van der Waals surface area contributed by atoms with E-state index in [4.69, 9.17) is 0 Å². The molecule has 0 bridgehead atoms. The molecule has 2 fully saturated rings. The first kappa shape index (κ1) is 7.35. The van der Waals surface area contributed by atoms with E-state index in [1.165, 1.54) is 37.2 Å². The highest BCUT2D eigenvalue weighted by Crippen LogP contribution is 2.39. The van der Waals surface area contributed by atoms with Gasteiger partial charge in [0.15, 0.2) is 0 Å². The van der Waals surface area contributed by atoms with Crippen LogP contribution in [0.25, 0.3) is 0 Å². The quantitative estimate of drug-likeness (QED) is 0.599. The molecule has 0 aromatic carbocycles. The van der Waals surface area contributed by atoms with Gasteiger partial charge in [-0.15, -0.1) is 0 Å². The van der Waals surface area contributed by atoms with Gasteiger partial charge in [0.1, 0.15) is 0 Å². The van der Waals surface area contributed by atoms with Crippen molar-refractivity contribution in [2.45, 2.75) is 36.2 Å². The summed E-state index contributed by atoms with van der Waals surface area (Å²) in [5.41, 5.74) is 0. The Labute approximate surface area is 71.5 Å². The van der Waals surface area contributed by atoms with E-state index >= 15 is 0 Å².